The smallest absolute Gasteiger partial charge is 0.107 e. The largest absolute Gasteiger partial charge is 0.335 e. The molecule has 0 unspecified atom stereocenters. The number of nitrogens with zero attached hydrogens (tertiary/aromatic N) is 2. The third-order valence-electron chi connectivity index (χ3n) is 1.11. The average Bonchev–Trinajstić information content (AvgIpc) is 2.17. The standard InChI is InChI=1S/C6H9FN2/c1-6-4-9(3-2-7)5-8-6/h4-5H,2-3H2,1H3. The Hall–Kier alpha value is -0.860. The number of rotatable bonds is 2. The zero-order chi connectivity index (χ0) is 6.69. The van der Waals surface area contributed by atoms with Gasteiger partial charge in [0.2, 0.25) is 0 Å². The predicted octanol–water partition coefficient (Wildman–Crippen LogP) is 1.16. The predicted molar refractivity (Wildman–Crippen MR) is 32.9 cm³/mol. The molecule has 0 saturated carbocycles. The van der Waals surface area contributed by atoms with Gasteiger partial charge in [-0.1, -0.05) is 0 Å². The van der Waals surface area contributed by atoms with E-state index in [0.717, 1.165) is 5.69 Å². The van der Waals surface area contributed by atoms with E-state index >= 15 is 0 Å². The number of aryl methyl sites for hydroxylation is 2. The lowest BCUT2D eigenvalue weighted by molar-refractivity contribution is 0.445. The first-order chi connectivity index (χ1) is 4.33. The SMILES string of the molecule is Cc1cn(CCF)cn1. The van der Waals surface area contributed by atoms with Crippen LogP contribution < -0.4 is 0 Å². The first-order valence-corrected chi connectivity index (χ1v) is 2.87. The molecule has 0 spiro atoms. The third kappa shape index (κ3) is 1.52. The second-order valence-corrected chi connectivity index (χ2v) is 1.94. The van der Waals surface area contributed by atoms with Crippen molar-refractivity contribution >= 4 is 0 Å². The van der Waals surface area contributed by atoms with Crippen molar-refractivity contribution < 1.29 is 4.39 Å². The van der Waals surface area contributed by atoms with E-state index in [1.165, 1.54) is 0 Å². The van der Waals surface area contributed by atoms with Gasteiger partial charge in [0.15, 0.2) is 0 Å². The van der Waals surface area contributed by atoms with Gasteiger partial charge in [0, 0.05) is 6.20 Å². The zero-order valence-corrected chi connectivity index (χ0v) is 5.34. The maximum absolute atomic E-state index is 11.6. The summed E-state index contributed by atoms with van der Waals surface area (Å²) < 4.78 is 13.4. The monoisotopic (exact) mass is 128 g/mol. The minimum atomic E-state index is -0.324. The molecule has 0 aromatic carbocycles. The molecule has 1 aromatic rings. The highest BCUT2D eigenvalue weighted by Gasteiger charge is 1.89. The number of hydrogen-bond acceptors (Lipinski definition) is 1. The Balaban J connectivity index is 2.61. The minimum absolute atomic E-state index is 0.324. The van der Waals surface area contributed by atoms with Gasteiger partial charge >= 0.3 is 0 Å². The molecular formula is C6H9FN2. The first kappa shape index (κ1) is 6.26. The van der Waals surface area contributed by atoms with Crippen LogP contribution in [0.5, 0.6) is 0 Å². The van der Waals surface area contributed by atoms with Crippen LogP contribution in [-0.2, 0) is 6.54 Å². The van der Waals surface area contributed by atoms with Gasteiger partial charge in [-0.2, -0.15) is 0 Å². The van der Waals surface area contributed by atoms with Gasteiger partial charge in [0.05, 0.1) is 18.6 Å². The van der Waals surface area contributed by atoms with E-state index < -0.39 is 0 Å². The van der Waals surface area contributed by atoms with Crippen LogP contribution in [0.2, 0.25) is 0 Å². The van der Waals surface area contributed by atoms with Crippen LogP contribution in [0, 0.1) is 6.92 Å². The highest BCUT2D eigenvalue weighted by Crippen LogP contribution is 1.92. The molecule has 3 heteroatoms. The fraction of sp³-hybridized carbons (Fsp3) is 0.500. The zero-order valence-electron chi connectivity index (χ0n) is 5.34. The molecule has 0 aliphatic rings. The van der Waals surface area contributed by atoms with Crippen LogP contribution in [0.3, 0.4) is 0 Å². The fourth-order valence-corrected chi connectivity index (χ4v) is 0.692. The lowest BCUT2D eigenvalue weighted by Gasteiger charge is -1.91. The molecule has 0 fully saturated rings. The van der Waals surface area contributed by atoms with Gasteiger partial charge in [-0.15, -0.1) is 0 Å². The average molecular weight is 128 g/mol. The Morgan fingerprint density at radius 3 is 3.00 bits per heavy atom. The van der Waals surface area contributed by atoms with Crippen LogP contribution >= 0.6 is 0 Å². The maximum atomic E-state index is 11.6. The third-order valence-corrected chi connectivity index (χ3v) is 1.11. The molecule has 9 heavy (non-hydrogen) atoms. The summed E-state index contributed by atoms with van der Waals surface area (Å²) in [4.78, 5) is 3.93. The van der Waals surface area contributed by atoms with E-state index in [1.54, 1.807) is 10.9 Å². The molecule has 50 valence electrons. The topological polar surface area (TPSA) is 17.8 Å². The highest BCUT2D eigenvalue weighted by atomic mass is 19.1. The molecule has 1 heterocycles. The lowest BCUT2D eigenvalue weighted by Crippen LogP contribution is -1.94. The van der Waals surface area contributed by atoms with Crippen molar-refractivity contribution in [3.8, 4) is 0 Å². The summed E-state index contributed by atoms with van der Waals surface area (Å²) in [5, 5.41) is 0. The van der Waals surface area contributed by atoms with Crippen molar-refractivity contribution in [2.75, 3.05) is 6.67 Å². The Morgan fingerprint density at radius 2 is 2.56 bits per heavy atom. The van der Waals surface area contributed by atoms with Gasteiger partial charge in [-0.3, -0.25) is 0 Å². The second-order valence-electron chi connectivity index (χ2n) is 1.94. The summed E-state index contributed by atoms with van der Waals surface area (Å²) >= 11 is 0. The maximum Gasteiger partial charge on any atom is 0.107 e. The van der Waals surface area contributed by atoms with Crippen LogP contribution in [0.4, 0.5) is 4.39 Å². The van der Waals surface area contributed by atoms with E-state index in [1.807, 2.05) is 13.1 Å². The van der Waals surface area contributed by atoms with Crippen molar-refractivity contribution in [3.63, 3.8) is 0 Å². The summed E-state index contributed by atoms with van der Waals surface area (Å²) in [6, 6.07) is 0. The minimum Gasteiger partial charge on any atom is -0.335 e. The molecular weight excluding hydrogens is 119 g/mol. The van der Waals surface area contributed by atoms with Crippen LogP contribution in [0.15, 0.2) is 12.5 Å². The van der Waals surface area contributed by atoms with Crippen molar-refractivity contribution in [1.82, 2.24) is 9.55 Å². The number of hydrogen-bond donors (Lipinski definition) is 0. The molecule has 1 aromatic heterocycles. The Morgan fingerprint density at radius 1 is 1.78 bits per heavy atom. The Bertz CT molecular complexity index is 183. The van der Waals surface area contributed by atoms with Crippen molar-refractivity contribution in [1.29, 1.82) is 0 Å². The molecule has 2 nitrogen and oxygen atoms in total. The van der Waals surface area contributed by atoms with Gasteiger partial charge < -0.3 is 4.57 Å². The molecule has 0 radical (unpaired) electrons. The number of aromatic nitrogens is 2. The van der Waals surface area contributed by atoms with E-state index in [9.17, 15) is 4.39 Å². The van der Waals surface area contributed by atoms with Gasteiger partial charge in [0.1, 0.15) is 6.67 Å². The molecule has 1 rings (SSSR count). The van der Waals surface area contributed by atoms with E-state index in [2.05, 4.69) is 4.98 Å². The Kier molecular flexibility index (Phi) is 1.82. The normalized spacial score (nSPS) is 10.0. The van der Waals surface area contributed by atoms with Crippen LogP contribution in [0.25, 0.3) is 0 Å². The quantitative estimate of drug-likeness (QED) is 0.584. The van der Waals surface area contributed by atoms with E-state index in [0.29, 0.717) is 6.54 Å². The fourth-order valence-electron chi connectivity index (χ4n) is 0.692. The van der Waals surface area contributed by atoms with Gasteiger partial charge in [-0.05, 0) is 6.92 Å². The molecule has 0 bridgehead atoms. The molecule has 0 aliphatic heterocycles. The molecule has 0 saturated heterocycles. The Labute approximate surface area is 53.3 Å². The summed E-state index contributed by atoms with van der Waals surface area (Å²) in [7, 11) is 0. The van der Waals surface area contributed by atoms with Crippen molar-refractivity contribution in [2.24, 2.45) is 0 Å². The van der Waals surface area contributed by atoms with Crippen LogP contribution in [-0.4, -0.2) is 16.2 Å². The summed E-state index contributed by atoms with van der Waals surface area (Å²) in [6.07, 6.45) is 3.45. The summed E-state index contributed by atoms with van der Waals surface area (Å²) in [6.45, 7) is 1.98. The van der Waals surface area contributed by atoms with Gasteiger partial charge in [-0.25, -0.2) is 9.37 Å². The molecule has 0 aliphatic carbocycles. The summed E-state index contributed by atoms with van der Waals surface area (Å²) in [5.74, 6) is 0. The van der Waals surface area contributed by atoms with Gasteiger partial charge in [0.25, 0.3) is 0 Å². The molecule has 0 N–H and O–H groups in total. The van der Waals surface area contributed by atoms with Crippen molar-refractivity contribution in [3.05, 3.63) is 18.2 Å². The van der Waals surface area contributed by atoms with Crippen molar-refractivity contribution in [2.45, 2.75) is 13.5 Å². The molecule has 0 atom stereocenters. The van der Waals surface area contributed by atoms with E-state index in [-0.39, 0.29) is 6.67 Å². The summed E-state index contributed by atoms with van der Waals surface area (Å²) in [5.41, 5.74) is 0.934. The van der Waals surface area contributed by atoms with Crippen LogP contribution in [0.1, 0.15) is 5.69 Å². The first-order valence-electron chi connectivity index (χ1n) is 2.87. The molecule has 0 amide bonds. The lowest BCUT2D eigenvalue weighted by atomic mass is 10.5. The number of halogens is 1. The van der Waals surface area contributed by atoms with E-state index in [4.69, 9.17) is 0 Å². The highest BCUT2D eigenvalue weighted by molar-refractivity contribution is 4.91. The second kappa shape index (κ2) is 2.62. The number of imidazole rings is 1. The number of alkyl halides is 1.